The number of anilines is 2. The summed E-state index contributed by atoms with van der Waals surface area (Å²) in [6.07, 6.45) is 3.23. The number of fused-ring (bicyclic) bond motifs is 1. The van der Waals surface area contributed by atoms with Gasteiger partial charge in [-0.25, -0.2) is 17.6 Å². The Morgan fingerprint density at radius 2 is 1.71 bits per heavy atom. The predicted octanol–water partition coefficient (Wildman–Crippen LogP) is 3.77. The Balaban J connectivity index is 1.33. The molecule has 174 valence electrons. The Morgan fingerprint density at radius 3 is 2.47 bits per heavy atom. The first-order valence-corrected chi connectivity index (χ1v) is 11.9. The fraction of sp³-hybridized carbons (Fsp3) is 0.120. The molecule has 0 bridgehead atoms. The molecule has 4 rings (SSSR count). The molecule has 34 heavy (non-hydrogen) atoms. The van der Waals surface area contributed by atoms with Gasteiger partial charge in [0.25, 0.3) is 15.9 Å². The molecule has 3 aromatic carbocycles. The average Bonchev–Trinajstić information content (AvgIpc) is 3.28. The summed E-state index contributed by atoms with van der Waals surface area (Å²) in [5, 5.41) is 2.31. The van der Waals surface area contributed by atoms with Crippen molar-refractivity contribution < 1.29 is 27.1 Å². The van der Waals surface area contributed by atoms with E-state index in [2.05, 4.69) is 5.32 Å². The third-order valence-corrected chi connectivity index (χ3v) is 7.05. The number of sulfonamides is 1. The third-order valence-electron chi connectivity index (χ3n) is 5.22. The van der Waals surface area contributed by atoms with Crippen LogP contribution >= 0.6 is 0 Å². The molecule has 0 spiro atoms. The molecule has 1 heterocycles. The molecule has 0 saturated carbocycles. The molecule has 0 aliphatic carbocycles. The van der Waals surface area contributed by atoms with Gasteiger partial charge in [0.15, 0.2) is 6.61 Å². The molecule has 0 aromatic heterocycles. The van der Waals surface area contributed by atoms with E-state index in [0.29, 0.717) is 24.2 Å². The molecule has 7 nitrogen and oxygen atoms in total. The Bertz CT molecular complexity index is 1350. The van der Waals surface area contributed by atoms with Gasteiger partial charge in [0.1, 0.15) is 5.82 Å². The van der Waals surface area contributed by atoms with E-state index >= 15 is 0 Å². The molecule has 0 atom stereocenters. The number of carbonyl (C=O) groups is 2. The lowest BCUT2D eigenvalue weighted by Crippen LogP contribution is -2.29. The fourth-order valence-electron chi connectivity index (χ4n) is 3.53. The van der Waals surface area contributed by atoms with Crippen molar-refractivity contribution in [1.82, 2.24) is 0 Å². The first-order valence-electron chi connectivity index (χ1n) is 10.4. The number of nitrogens with zero attached hydrogens (tertiary/aromatic N) is 1. The average molecular weight is 481 g/mol. The molecule has 1 aliphatic rings. The van der Waals surface area contributed by atoms with Crippen molar-refractivity contribution in [1.29, 1.82) is 0 Å². The van der Waals surface area contributed by atoms with Crippen LogP contribution in [0.3, 0.4) is 0 Å². The standard InChI is InChI=1S/C25H21FN2O5S/c26-21-6-2-3-7-22(21)27-24(29)17-33-25(30)14-11-18-9-12-20(13-10-18)34(31,32)28-16-15-19-5-1-4-8-23(19)28/h1-14H,15-17H2,(H,27,29)/b14-11+. The van der Waals surface area contributed by atoms with E-state index in [4.69, 9.17) is 4.74 Å². The first-order chi connectivity index (χ1) is 16.3. The lowest BCUT2D eigenvalue weighted by Gasteiger charge is -2.19. The zero-order chi connectivity index (χ0) is 24.1. The molecule has 1 N–H and O–H groups in total. The van der Waals surface area contributed by atoms with E-state index in [1.54, 1.807) is 24.3 Å². The maximum atomic E-state index is 13.5. The molecule has 1 amide bonds. The van der Waals surface area contributed by atoms with Crippen molar-refractivity contribution in [2.24, 2.45) is 0 Å². The number of amides is 1. The van der Waals surface area contributed by atoms with Crippen molar-refractivity contribution in [2.75, 3.05) is 22.8 Å². The summed E-state index contributed by atoms with van der Waals surface area (Å²) < 4.78 is 45.9. The minimum absolute atomic E-state index is 0.00782. The Kier molecular flexibility index (Phi) is 6.74. The lowest BCUT2D eigenvalue weighted by atomic mass is 10.2. The number of nitrogens with one attached hydrogen (secondary N) is 1. The zero-order valence-electron chi connectivity index (χ0n) is 18.0. The fourth-order valence-corrected chi connectivity index (χ4v) is 5.04. The summed E-state index contributed by atoms with van der Waals surface area (Å²) in [5.41, 5.74) is 2.25. The van der Waals surface area contributed by atoms with E-state index < -0.39 is 34.3 Å². The lowest BCUT2D eigenvalue weighted by molar-refractivity contribution is -0.142. The van der Waals surface area contributed by atoms with Gasteiger partial charge in [-0.15, -0.1) is 0 Å². The van der Waals surface area contributed by atoms with E-state index in [-0.39, 0.29) is 10.6 Å². The van der Waals surface area contributed by atoms with Gasteiger partial charge in [0.2, 0.25) is 0 Å². The minimum atomic E-state index is -3.70. The van der Waals surface area contributed by atoms with Gasteiger partial charge in [-0.2, -0.15) is 0 Å². The number of ether oxygens (including phenoxy) is 1. The van der Waals surface area contributed by atoms with Crippen molar-refractivity contribution in [3.8, 4) is 0 Å². The predicted molar refractivity (Wildman–Crippen MR) is 126 cm³/mol. The Morgan fingerprint density at radius 1 is 1.00 bits per heavy atom. The molecular weight excluding hydrogens is 459 g/mol. The monoisotopic (exact) mass is 480 g/mol. The van der Waals surface area contributed by atoms with Gasteiger partial charge in [-0.1, -0.05) is 42.5 Å². The maximum absolute atomic E-state index is 13.5. The molecule has 0 radical (unpaired) electrons. The summed E-state index contributed by atoms with van der Waals surface area (Å²) in [4.78, 5) is 23.9. The van der Waals surface area contributed by atoms with Crippen LogP contribution in [0.2, 0.25) is 0 Å². The molecule has 0 fully saturated rings. The van der Waals surface area contributed by atoms with Crippen LogP contribution in [0, 0.1) is 5.82 Å². The highest BCUT2D eigenvalue weighted by Gasteiger charge is 2.30. The second-order valence-electron chi connectivity index (χ2n) is 7.49. The number of esters is 1. The normalized spacial score (nSPS) is 13.0. The summed E-state index contributed by atoms with van der Waals surface area (Å²) in [7, 11) is -3.70. The van der Waals surface area contributed by atoms with Crippen molar-refractivity contribution in [3.63, 3.8) is 0 Å². The van der Waals surface area contributed by atoms with Crippen LogP contribution in [0.5, 0.6) is 0 Å². The van der Waals surface area contributed by atoms with Crippen molar-refractivity contribution >= 4 is 39.4 Å². The first kappa shape index (κ1) is 23.2. The van der Waals surface area contributed by atoms with Crippen LogP contribution in [-0.4, -0.2) is 33.4 Å². The number of halogens is 1. The minimum Gasteiger partial charge on any atom is -0.452 e. The largest absolute Gasteiger partial charge is 0.452 e. The maximum Gasteiger partial charge on any atom is 0.331 e. The van der Waals surface area contributed by atoms with E-state index in [1.165, 1.54) is 40.7 Å². The number of hydrogen-bond donors (Lipinski definition) is 1. The summed E-state index contributed by atoms with van der Waals surface area (Å²) in [6.45, 7) is -0.189. The highest BCUT2D eigenvalue weighted by Crippen LogP contribution is 2.32. The number of hydrogen-bond acceptors (Lipinski definition) is 5. The van der Waals surface area contributed by atoms with Crippen molar-refractivity contribution in [2.45, 2.75) is 11.3 Å². The van der Waals surface area contributed by atoms with Crippen LogP contribution in [0.15, 0.2) is 83.8 Å². The second-order valence-corrected chi connectivity index (χ2v) is 9.36. The van der Waals surface area contributed by atoms with Gasteiger partial charge < -0.3 is 10.1 Å². The molecule has 0 unspecified atom stereocenters. The van der Waals surface area contributed by atoms with Crippen LogP contribution < -0.4 is 9.62 Å². The zero-order valence-corrected chi connectivity index (χ0v) is 18.8. The molecular formula is C25H21FN2O5S. The van der Waals surface area contributed by atoms with Gasteiger partial charge >= 0.3 is 5.97 Å². The topological polar surface area (TPSA) is 92.8 Å². The van der Waals surface area contributed by atoms with Crippen molar-refractivity contribution in [3.05, 3.63) is 95.8 Å². The Labute approximate surface area is 196 Å². The molecule has 9 heteroatoms. The summed E-state index contributed by atoms with van der Waals surface area (Å²) >= 11 is 0. The number of carbonyl (C=O) groups excluding carboxylic acids is 2. The van der Waals surface area contributed by atoms with Gasteiger partial charge in [-0.05, 0) is 54.0 Å². The summed E-state index contributed by atoms with van der Waals surface area (Å²) in [5.74, 6) is -2.04. The molecule has 1 aliphatic heterocycles. The van der Waals surface area contributed by atoms with E-state index in [1.807, 2.05) is 18.2 Å². The van der Waals surface area contributed by atoms with Gasteiger partial charge in [0.05, 0.1) is 16.3 Å². The van der Waals surface area contributed by atoms with Crippen LogP contribution in [0.4, 0.5) is 15.8 Å². The SMILES string of the molecule is O=C(COC(=O)/C=C/c1ccc(S(=O)(=O)N2CCc3ccccc32)cc1)Nc1ccccc1F. The smallest absolute Gasteiger partial charge is 0.331 e. The number of benzene rings is 3. The Hall–Kier alpha value is -3.98. The van der Waals surface area contributed by atoms with Crippen LogP contribution in [0.25, 0.3) is 6.08 Å². The van der Waals surface area contributed by atoms with Gasteiger partial charge in [-0.3, -0.25) is 9.10 Å². The van der Waals surface area contributed by atoms with Crippen LogP contribution in [-0.2, 0) is 30.8 Å². The number of rotatable bonds is 7. The second kappa shape index (κ2) is 9.88. The highest BCUT2D eigenvalue weighted by molar-refractivity contribution is 7.92. The third kappa shape index (κ3) is 5.15. The van der Waals surface area contributed by atoms with Crippen LogP contribution in [0.1, 0.15) is 11.1 Å². The van der Waals surface area contributed by atoms with Gasteiger partial charge in [0, 0.05) is 12.6 Å². The summed E-state index contributed by atoms with van der Waals surface area (Å²) in [6, 6.07) is 19.1. The molecule has 3 aromatic rings. The van der Waals surface area contributed by atoms with E-state index in [0.717, 1.165) is 11.6 Å². The molecule has 0 saturated heterocycles. The highest BCUT2D eigenvalue weighted by atomic mass is 32.2. The quantitative estimate of drug-likeness (QED) is 0.411. The van der Waals surface area contributed by atoms with E-state index in [9.17, 15) is 22.4 Å². The number of para-hydroxylation sites is 2.